The first-order valence-corrected chi connectivity index (χ1v) is 9.44. The van der Waals surface area contributed by atoms with Crippen LogP contribution in [-0.4, -0.2) is 40.4 Å². The van der Waals surface area contributed by atoms with Gasteiger partial charge in [-0.15, -0.1) is 0 Å². The number of hydrogen-bond acceptors (Lipinski definition) is 8. The largest absolute Gasteiger partial charge is 0.446 e. The predicted octanol–water partition coefficient (Wildman–Crippen LogP) is 2.51. The van der Waals surface area contributed by atoms with Crippen LogP contribution in [0.25, 0.3) is 0 Å². The molecule has 0 saturated carbocycles. The number of carbonyl (C=O) groups excluding carboxylic acids is 1. The fourth-order valence-corrected chi connectivity index (χ4v) is 3.31. The van der Waals surface area contributed by atoms with E-state index in [1.807, 2.05) is 0 Å². The maximum atomic E-state index is 15.0. The van der Waals surface area contributed by atoms with Gasteiger partial charge in [-0.25, -0.2) is 32.9 Å². The molecule has 0 fully saturated rings. The Kier molecular flexibility index (Phi) is 5.85. The van der Waals surface area contributed by atoms with Crippen molar-refractivity contribution >= 4 is 11.7 Å². The van der Waals surface area contributed by atoms with Gasteiger partial charge in [-0.3, -0.25) is 10.1 Å². The monoisotopic (exact) mass is 455 g/mol. The standard InChI is InChI=1S/C20H15F2N7O4/c21-15-3-6-17(18(22)7-15)20(8-27-12-23-10-25-27,9-28-13-24-11-26-28)33-19(30)14-1-4-16(5-2-14)29(31)32/h1-7,10-13H,8-9H2. The van der Waals surface area contributed by atoms with Crippen LogP contribution in [0.4, 0.5) is 14.5 Å². The summed E-state index contributed by atoms with van der Waals surface area (Å²) in [6, 6.07) is 7.61. The molecule has 168 valence electrons. The van der Waals surface area contributed by atoms with Gasteiger partial charge in [0.15, 0.2) is 5.60 Å². The van der Waals surface area contributed by atoms with Gasteiger partial charge < -0.3 is 4.74 Å². The third kappa shape index (κ3) is 4.71. The van der Waals surface area contributed by atoms with Crippen molar-refractivity contribution in [2.45, 2.75) is 18.7 Å². The van der Waals surface area contributed by atoms with Crippen LogP contribution in [0.15, 0.2) is 67.8 Å². The van der Waals surface area contributed by atoms with Gasteiger partial charge in [-0.2, -0.15) is 10.2 Å². The van der Waals surface area contributed by atoms with Crippen molar-refractivity contribution in [3.8, 4) is 0 Å². The van der Waals surface area contributed by atoms with Crippen LogP contribution in [0.5, 0.6) is 0 Å². The van der Waals surface area contributed by atoms with E-state index in [9.17, 15) is 19.3 Å². The lowest BCUT2D eigenvalue weighted by Gasteiger charge is -2.34. The van der Waals surface area contributed by atoms with Crippen LogP contribution in [0.3, 0.4) is 0 Å². The molecule has 11 nitrogen and oxygen atoms in total. The van der Waals surface area contributed by atoms with Gasteiger partial charge in [0.2, 0.25) is 0 Å². The van der Waals surface area contributed by atoms with Crippen molar-refractivity contribution in [3.63, 3.8) is 0 Å². The molecule has 0 spiro atoms. The highest BCUT2D eigenvalue weighted by Crippen LogP contribution is 2.33. The molecule has 2 aromatic carbocycles. The molecule has 4 rings (SSSR count). The third-order valence-corrected chi connectivity index (χ3v) is 4.79. The van der Waals surface area contributed by atoms with E-state index in [0.29, 0.717) is 6.07 Å². The van der Waals surface area contributed by atoms with Crippen molar-refractivity contribution in [2.75, 3.05) is 0 Å². The number of ether oxygens (including phenoxy) is 1. The van der Waals surface area contributed by atoms with Gasteiger partial charge in [0, 0.05) is 23.8 Å². The second-order valence-corrected chi connectivity index (χ2v) is 7.00. The molecule has 0 unspecified atom stereocenters. The SMILES string of the molecule is O=C(OC(Cn1cncn1)(Cn1cncn1)c1ccc(F)cc1F)c1ccc([N+](=O)[O-])cc1. The molecule has 0 aliphatic rings. The van der Waals surface area contributed by atoms with Gasteiger partial charge in [0.25, 0.3) is 5.69 Å². The molecule has 0 aliphatic carbocycles. The first kappa shape index (κ1) is 21.7. The Balaban J connectivity index is 1.80. The summed E-state index contributed by atoms with van der Waals surface area (Å²) in [5.74, 6) is -2.66. The topological polar surface area (TPSA) is 131 Å². The summed E-state index contributed by atoms with van der Waals surface area (Å²) in [6.45, 7) is -0.401. The zero-order chi connectivity index (χ0) is 23.4. The van der Waals surface area contributed by atoms with Crippen molar-refractivity contribution < 1.29 is 23.2 Å². The molecule has 2 aromatic heterocycles. The van der Waals surface area contributed by atoms with Gasteiger partial charge in [0.05, 0.1) is 23.6 Å². The molecule has 0 atom stereocenters. The lowest BCUT2D eigenvalue weighted by molar-refractivity contribution is -0.384. The first-order valence-electron chi connectivity index (χ1n) is 9.44. The molecule has 2 heterocycles. The summed E-state index contributed by atoms with van der Waals surface area (Å²) >= 11 is 0. The summed E-state index contributed by atoms with van der Waals surface area (Å²) in [5, 5.41) is 18.9. The van der Waals surface area contributed by atoms with Gasteiger partial charge >= 0.3 is 5.97 Å². The molecule has 0 N–H and O–H groups in total. The van der Waals surface area contributed by atoms with Gasteiger partial charge in [-0.05, 0) is 24.3 Å². The van der Waals surface area contributed by atoms with Crippen molar-refractivity contribution in [1.82, 2.24) is 29.5 Å². The summed E-state index contributed by atoms with van der Waals surface area (Å²) in [5.41, 5.74) is -2.12. The van der Waals surface area contributed by atoms with Crippen LogP contribution in [0, 0.1) is 21.7 Å². The van der Waals surface area contributed by atoms with Crippen molar-refractivity contribution in [1.29, 1.82) is 0 Å². The number of esters is 1. The van der Waals surface area contributed by atoms with E-state index in [-0.39, 0.29) is 29.9 Å². The Morgan fingerprint density at radius 3 is 2.09 bits per heavy atom. The summed E-state index contributed by atoms with van der Waals surface area (Å²) in [7, 11) is 0. The minimum absolute atomic E-state index is 0.00956. The van der Waals surface area contributed by atoms with Crippen LogP contribution in [0.1, 0.15) is 15.9 Å². The predicted molar refractivity (Wildman–Crippen MR) is 107 cm³/mol. The molecule has 0 aliphatic heterocycles. The average Bonchev–Trinajstić information content (AvgIpc) is 3.48. The van der Waals surface area contributed by atoms with E-state index in [2.05, 4.69) is 20.2 Å². The second-order valence-electron chi connectivity index (χ2n) is 7.00. The highest BCUT2D eigenvalue weighted by Gasteiger charge is 2.41. The molecule has 0 saturated heterocycles. The normalized spacial score (nSPS) is 11.3. The summed E-state index contributed by atoms with van der Waals surface area (Å²) in [6.07, 6.45) is 5.19. The maximum Gasteiger partial charge on any atom is 0.339 e. The first-order chi connectivity index (χ1) is 15.9. The second kappa shape index (κ2) is 8.90. The molecular weight excluding hydrogens is 440 g/mol. The molecule has 0 bridgehead atoms. The molecule has 0 amide bonds. The number of nitro benzene ring substituents is 1. The smallest absolute Gasteiger partial charge is 0.339 e. The Bertz CT molecular complexity index is 1230. The summed E-state index contributed by atoms with van der Waals surface area (Å²) in [4.78, 5) is 31.1. The quantitative estimate of drug-likeness (QED) is 0.225. The fraction of sp³-hybridized carbons (Fsp3) is 0.150. The zero-order valence-corrected chi connectivity index (χ0v) is 16.8. The minimum atomic E-state index is -1.77. The van der Waals surface area contributed by atoms with Crippen molar-refractivity contribution in [3.05, 3.63) is 101 Å². The molecular formula is C20H15F2N7O4. The highest BCUT2D eigenvalue weighted by atomic mass is 19.1. The van der Waals surface area contributed by atoms with Crippen LogP contribution in [-0.2, 0) is 23.4 Å². The van der Waals surface area contributed by atoms with Gasteiger partial charge in [-0.1, -0.05) is 0 Å². The molecule has 33 heavy (non-hydrogen) atoms. The van der Waals surface area contributed by atoms with Gasteiger partial charge in [0.1, 0.15) is 36.9 Å². The third-order valence-electron chi connectivity index (χ3n) is 4.79. The zero-order valence-electron chi connectivity index (χ0n) is 16.8. The van der Waals surface area contributed by atoms with E-state index in [1.54, 1.807) is 0 Å². The fourth-order valence-electron chi connectivity index (χ4n) is 3.31. The Hall–Kier alpha value is -4.55. The number of nitrogens with zero attached hydrogens (tertiary/aromatic N) is 7. The van der Waals surface area contributed by atoms with E-state index in [0.717, 1.165) is 18.2 Å². The number of rotatable bonds is 8. The van der Waals surface area contributed by atoms with Crippen LogP contribution < -0.4 is 0 Å². The number of carbonyl (C=O) groups is 1. The van der Waals surface area contributed by atoms with E-state index in [4.69, 9.17) is 4.74 Å². The van der Waals surface area contributed by atoms with E-state index in [1.165, 1.54) is 52.9 Å². The Morgan fingerprint density at radius 2 is 1.61 bits per heavy atom. The molecule has 4 aromatic rings. The number of hydrogen-bond donors (Lipinski definition) is 0. The summed E-state index contributed by atoms with van der Waals surface area (Å²) < 4.78 is 37.1. The van der Waals surface area contributed by atoms with E-state index < -0.39 is 28.1 Å². The van der Waals surface area contributed by atoms with E-state index >= 15 is 4.39 Å². The highest BCUT2D eigenvalue weighted by molar-refractivity contribution is 5.90. The number of aromatic nitrogens is 6. The van der Waals surface area contributed by atoms with Crippen LogP contribution in [0.2, 0.25) is 0 Å². The number of nitro groups is 1. The average molecular weight is 455 g/mol. The number of benzene rings is 2. The number of halogens is 2. The molecule has 13 heteroatoms. The lowest BCUT2D eigenvalue weighted by Crippen LogP contribution is -2.42. The van der Waals surface area contributed by atoms with Crippen LogP contribution >= 0.6 is 0 Å². The molecule has 0 radical (unpaired) electrons. The Morgan fingerprint density at radius 1 is 1.00 bits per heavy atom. The maximum absolute atomic E-state index is 15.0. The minimum Gasteiger partial charge on any atom is -0.446 e. The van der Waals surface area contributed by atoms with Crippen molar-refractivity contribution in [2.24, 2.45) is 0 Å². The Labute approximate surface area is 184 Å². The lowest BCUT2D eigenvalue weighted by atomic mass is 9.92. The number of non-ortho nitro benzene ring substituents is 1.